The van der Waals surface area contributed by atoms with Gasteiger partial charge >= 0.3 is 0 Å². The number of amides is 1. The van der Waals surface area contributed by atoms with Crippen molar-refractivity contribution in [2.24, 2.45) is 4.99 Å². The summed E-state index contributed by atoms with van der Waals surface area (Å²) in [6.07, 6.45) is 1.63. The number of aliphatic imine (C=N–C) groups is 1. The van der Waals surface area contributed by atoms with Gasteiger partial charge in [-0.2, -0.15) is 0 Å². The quantitative estimate of drug-likeness (QED) is 0.746. The van der Waals surface area contributed by atoms with Gasteiger partial charge in [0, 0.05) is 0 Å². The molecule has 3 rings (SSSR count). The number of rotatable bonds is 3. The van der Waals surface area contributed by atoms with Gasteiger partial charge in [0.25, 0.3) is 5.91 Å². The Kier molecular flexibility index (Phi) is 5.22. The minimum absolute atomic E-state index is 0.120. The second-order valence-electron chi connectivity index (χ2n) is 5.01. The third kappa shape index (κ3) is 4.10. The van der Waals surface area contributed by atoms with Crippen molar-refractivity contribution in [1.29, 1.82) is 0 Å². The first-order chi connectivity index (χ1) is 12.0. The van der Waals surface area contributed by atoms with E-state index < -0.39 is 0 Å². The molecule has 0 aliphatic carbocycles. The summed E-state index contributed by atoms with van der Waals surface area (Å²) in [5.74, 6) is 0.280. The first kappa shape index (κ1) is 17.7. The molecule has 1 amide bonds. The zero-order valence-electron chi connectivity index (χ0n) is 12.9. The molecule has 1 aliphatic rings. The van der Waals surface area contributed by atoms with Crippen LogP contribution in [0.2, 0.25) is 10.0 Å². The number of carbonyl (C=O) groups is 1. The molecule has 0 spiro atoms. The van der Waals surface area contributed by atoms with Crippen molar-refractivity contribution in [2.45, 2.75) is 0 Å². The Morgan fingerprint density at radius 2 is 1.84 bits per heavy atom. The molecule has 2 aromatic rings. The zero-order valence-corrected chi connectivity index (χ0v) is 15.2. The molecule has 25 heavy (non-hydrogen) atoms. The van der Waals surface area contributed by atoms with Crippen molar-refractivity contribution in [1.82, 2.24) is 5.32 Å². The first-order valence-corrected chi connectivity index (χ1v) is 8.65. The average molecular weight is 395 g/mol. The van der Waals surface area contributed by atoms with Crippen LogP contribution in [0.4, 0.5) is 5.69 Å². The van der Waals surface area contributed by atoms with Crippen LogP contribution in [-0.2, 0) is 4.79 Å². The number of amidine groups is 1. The predicted octanol–water partition coefficient (Wildman–Crippen LogP) is 4.60. The van der Waals surface area contributed by atoms with Crippen LogP contribution < -0.4 is 10.1 Å². The molecule has 0 atom stereocenters. The molecule has 2 aromatic carbocycles. The van der Waals surface area contributed by atoms with Gasteiger partial charge in [-0.05, 0) is 59.8 Å². The van der Waals surface area contributed by atoms with Crippen LogP contribution in [0, 0.1) is 0 Å². The van der Waals surface area contributed by atoms with Gasteiger partial charge < -0.3 is 15.2 Å². The number of nitrogens with one attached hydrogen (secondary N) is 1. The fourth-order valence-corrected chi connectivity index (χ4v) is 3.42. The van der Waals surface area contributed by atoms with Crippen LogP contribution in [0.25, 0.3) is 6.08 Å². The molecule has 2 N–H and O–H groups in total. The first-order valence-electron chi connectivity index (χ1n) is 7.08. The topological polar surface area (TPSA) is 70.9 Å². The smallest absolute Gasteiger partial charge is 0.264 e. The van der Waals surface area contributed by atoms with Gasteiger partial charge in [-0.3, -0.25) is 4.79 Å². The van der Waals surface area contributed by atoms with Gasteiger partial charge in [-0.1, -0.05) is 23.2 Å². The molecule has 5 nitrogen and oxygen atoms in total. The van der Waals surface area contributed by atoms with Crippen LogP contribution in [0.3, 0.4) is 0 Å². The third-order valence-electron chi connectivity index (χ3n) is 3.29. The van der Waals surface area contributed by atoms with Crippen LogP contribution in [0.1, 0.15) is 5.56 Å². The highest BCUT2D eigenvalue weighted by atomic mass is 35.5. The molecule has 0 radical (unpaired) electrons. The minimum Gasteiger partial charge on any atom is -0.505 e. The van der Waals surface area contributed by atoms with Crippen molar-refractivity contribution in [3.05, 3.63) is 56.9 Å². The number of ether oxygens (including phenoxy) is 1. The Hall–Kier alpha value is -2.15. The molecular formula is C17H12Cl2N2O3S. The molecular weight excluding hydrogens is 383 g/mol. The van der Waals surface area contributed by atoms with Gasteiger partial charge in [0.05, 0.1) is 27.7 Å². The molecule has 0 unspecified atom stereocenters. The second-order valence-corrected chi connectivity index (χ2v) is 6.86. The number of thioether (sulfide) groups is 1. The van der Waals surface area contributed by atoms with E-state index in [1.54, 1.807) is 37.5 Å². The van der Waals surface area contributed by atoms with Crippen LogP contribution in [0.15, 0.2) is 46.3 Å². The molecule has 1 aliphatic heterocycles. The summed E-state index contributed by atoms with van der Waals surface area (Å²) in [6, 6.07) is 10.2. The summed E-state index contributed by atoms with van der Waals surface area (Å²) in [5, 5.41) is 13.0. The Labute approximate surface area is 158 Å². The van der Waals surface area contributed by atoms with Crippen molar-refractivity contribution in [3.8, 4) is 11.5 Å². The van der Waals surface area contributed by atoms with E-state index in [1.807, 2.05) is 0 Å². The maximum Gasteiger partial charge on any atom is 0.264 e. The van der Waals surface area contributed by atoms with E-state index in [1.165, 1.54) is 23.9 Å². The number of nitrogens with zero attached hydrogens (tertiary/aromatic N) is 1. The molecule has 0 bridgehead atoms. The predicted molar refractivity (Wildman–Crippen MR) is 102 cm³/mol. The van der Waals surface area contributed by atoms with Crippen LogP contribution in [0.5, 0.6) is 11.5 Å². The Balaban J connectivity index is 1.83. The van der Waals surface area contributed by atoms with E-state index in [4.69, 9.17) is 27.9 Å². The monoisotopic (exact) mass is 394 g/mol. The Morgan fingerprint density at radius 3 is 2.44 bits per heavy atom. The Morgan fingerprint density at radius 1 is 1.20 bits per heavy atom. The maximum atomic E-state index is 12.1. The molecule has 1 saturated heterocycles. The lowest BCUT2D eigenvalue weighted by Gasteiger charge is -2.02. The van der Waals surface area contributed by atoms with Crippen LogP contribution >= 0.6 is 35.0 Å². The summed E-state index contributed by atoms with van der Waals surface area (Å²) >= 11 is 13.0. The highest BCUT2D eigenvalue weighted by Gasteiger charge is 2.24. The number of carbonyl (C=O) groups excluding carboxylic acids is 1. The fraction of sp³-hybridized carbons (Fsp3) is 0.0588. The number of phenolic OH excluding ortho intramolecular Hbond substituents is 1. The van der Waals surface area contributed by atoms with Crippen molar-refractivity contribution in [2.75, 3.05) is 7.11 Å². The summed E-state index contributed by atoms with van der Waals surface area (Å²) in [7, 11) is 1.59. The van der Waals surface area contributed by atoms with Gasteiger partial charge in [0.2, 0.25) is 0 Å². The highest BCUT2D eigenvalue weighted by Crippen LogP contribution is 2.35. The lowest BCUT2D eigenvalue weighted by Crippen LogP contribution is -2.19. The van der Waals surface area contributed by atoms with E-state index in [9.17, 15) is 9.90 Å². The fourth-order valence-electron chi connectivity index (χ4n) is 2.07. The Bertz CT molecular complexity index is 872. The standard InChI is InChI=1S/C17H12Cl2N2O3S/c1-24-11-4-2-10(3-5-11)20-17-21-16(23)14(25-17)8-9-6-12(18)15(22)13(19)7-9/h2-8,22H,1H3,(H,20,21,23)/b14-8+. The van der Waals surface area contributed by atoms with Crippen molar-refractivity contribution >= 4 is 57.8 Å². The second kappa shape index (κ2) is 7.39. The molecule has 0 saturated carbocycles. The van der Waals surface area contributed by atoms with Crippen molar-refractivity contribution < 1.29 is 14.6 Å². The number of benzene rings is 2. The minimum atomic E-state index is -0.266. The molecule has 1 heterocycles. The molecule has 0 aromatic heterocycles. The molecule has 8 heteroatoms. The average Bonchev–Trinajstić information content (AvgIpc) is 2.92. The lowest BCUT2D eigenvalue weighted by molar-refractivity contribution is -0.115. The van der Waals surface area contributed by atoms with Gasteiger partial charge in [-0.25, -0.2) is 4.99 Å². The number of halogens is 2. The number of aromatic hydroxyl groups is 1. The van der Waals surface area contributed by atoms with Crippen LogP contribution in [-0.4, -0.2) is 23.3 Å². The van der Waals surface area contributed by atoms with E-state index >= 15 is 0 Å². The highest BCUT2D eigenvalue weighted by molar-refractivity contribution is 8.18. The number of hydrogen-bond acceptors (Lipinski definition) is 5. The van der Waals surface area contributed by atoms with E-state index in [2.05, 4.69) is 10.3 Å². The summed E-state index contributed by atoms with van der Waals surface area (Å²) < 4.78 is 5.10. The zero-order chi connectivity index (χ0) is 18.0. The van der Waals surface area contributed by atoms with Crippen molar-refractivity contribution in [3.63, 3.8) is 0 Å². The van der Waals surface area contributed by atoms with E-state index in [0.29, 0.717) is 21.3 Å². The SMILES string of the molecule is COc1ccc(N=C2NC(=O)/C(=C\c3cc(Cl)c(O)c(Cl)c3)S2)cc1. The van der Waals surface area contributed by atoms with E-state index in [-0.39, 0.29) is 21.7 Å². The summed E-state index contributed by atoms with van der Waals surface area (Å²) in [4.78, 5) is 16.9. The number of methoxy groups -OCH3 is 1. The van der Waals surface area contributed by atoms with Gasteiger partial charge in [0.15, 0.2) is 10.9 Å². The summed E-state index contributed by atoms with van der Waals surface area (Å²) in [6.45, 7) is 0. The molecule has 1 fully saturated rings. The largest absolute Gasteiger partial charge is 0.505 e. The number of hydrogen-bond donors (Lipinski definition) is 2. The van der Waals surface area contributed by atoms with E-state index in [0.717, 1.165) is 5.75 Å². The maximum absolute atomic E-state index is 12.1. The molecule has 128 valence electrons. The van der Waals surface area contributed by atoms with Gasteiger partial charge in [-0.15, -0.1) is 0 Å². The number of phenols is 1. The third-order valence-corrected chi connectivity index (χ3v) is 4.78. The summed E-state index contributed by atoms with van der Waals surface area (Å²) in [5.41, 5.74) is 1.30. The lowest BCUT2D eigenvalue weighted by atomic mass is 10.2. The normalized spacial score (nSPS) is 17.2. The van der Waals surface area contributed by atoms with Gasteiger partial charge in [0.1, 0.15) is 5.75 Å².